The number of hydrogen-bond donors (Lipinski definition) is 1. The smallest absolute Gasteiger partial charge is 0.276 e. The Bertz CT molecular complexity index is 832. The van der Waals surface area contributed by atoms with E-state index < -0.39 is 14.9 Å². The number of hydrogen-bond acceptors (Lipinski definition) is 6. The van der Waals surface area contributed by atoms with E-state index in [2.05, 4.69) is 5.10 Å². The van der Waals surface area contributed by atoms with Gasteiger partial charge in [-0.2, -0.15) is 13.5 Å². The summed E-state index contributed by atoms with van der Waals surface area (Å²) >= 11 is 0. The Morgan fingerprint density at radius 1 is 1.17 bits per heavy atom. The van der Waals surface area contributed by atoms with Gasteiger partial charge in [-0.15, -0.1) is 0 Å². The van der Waals surface area contributed by atoms with Gasteiger partial charge in [-0.1, -0.05) is 12.1 Å². The van der Waals surface area contributed by atoms with E-state index in [-0.39, 0.29) is 10.6 Å². The molecule has 0 heterocycles. The number of nitro groups is 1. The lowest BCUT2D eigenvalue weighted by molar-refractivity contribution is -0.384. The summed E-state index contributed by atoms with van der Waals surface area (Å²) in [6, 6.07) is 11.5. The van der Waals surface area contributed by atoms with Gasteiger partial charge in [-0.25, -0.2) is 4.83 Å². The zero-order chi connectivity index (χ0) is 16.9. The fourth-order valence-electron chi connectivity index (χ4n) is 1.74. The van der Waals surface area contributed by atoms with Crippen LogP contribution in [0.5, 0.6) is 5.75 Å². The van der Waals surface area contributed by atoms with Crippen LogP contribution in [0.15, 0.2) is 58.5 Å². The Morgan fingerprint density at radius 2 is 1.83 bits per heavy atom. The van der Waals surface area contributed by atoms with Crippen LogP contribution < -0.4 is 9.57 Å². The quantitative estimate of drug-likeness (QED) is 0.492. The second kappa shape index (κ2) is 6.88. The summed E-state index contributed by atoms with van der Waals surface area (Å²) in [4.78, 5) is 11.9. The molecule has 0 spiro atoms. The molecular formula is C14H13N3O5S. The molecule has 0 saturated carbocycles. The van der Waals surface area contributed by atoms with E-state index in [0.717, 1.165) is 24.3 Å². The normalized spacial score (nSPS) is 11.3. The summed E-state index contributed by atoms with van der Waals surface area (Å²) in [6.07, 6.45) is 1.31. The number of nitrogens with zero attached hydrogens (tertiary/aromatic N) is 2. The molecule has 0 aromatic heterocycles. The van der Waals surface area contributed by atoms with Gasteiger partial charge >= 0.3 is 0 Å². The molecule has 0 unspecified atom stereocenters. The third-order valence-corrected chi connectivity index (χ3v) is 4.11. The van der Waals surface area contributed by atoms with Crippen molar-refractivity contribution in [1.82, 2.24) is 4.83 Å². The second-order valence-corrected chi connectivity index (χ2v) is 6.01. The predicted octanol–water partition coefficient (Wildman–Crippen LogP) is 1.92. The van der Waals surface area contributed by atoms with Gasteiger partial charge in [0.25, 0.3) is 15.7 Å². The van der Waals surface area contributed by atoms with E-state index in [9.17, 15) is 18.5 Å². The van der Waals surface area contributed by atoms with Crippen LogP contribution in [0.2, 0.25) is 0 Å². The van der Waals surface area contributed by atoms with Crippen molar-refractivity contribution >= 4 is 21.9 Å². The van der Waals surface area contributed by atoms with E-state index in [1.54, 1.807) is 24.3 Å². The first kappa shape index (κ1) is 16.4. The van der Waals surface area contributed by atoms with Crippen molar-refractivity contribution in [2.75, 3.05) is 7.11 Å². The number of methoxy groups -OCH3 is 1. The molecule has 2 aromatic rings. The van der Waals surface area contributed by atoms with Crippen molar-refractivity contribution in [3.05, 3.63) is 64.2 Å². The third kappa shape index (κ3) is 4.04. The van der Waals surface area contributed by atoms with E-state index in [1.807, 2.05) is 4.83 Å². The minimum Gasteiger partial charge on any atom is -0.496 e. The number of rotatable bonds is 6. The van der Waals surface area contributed by atoms with Crippen LogP contribution in [0.4, 0.5) is 5.69 Å². The molecule has 0 amide bonds. The van der Waals surface area contributed by atoms with Crippen molar-refractivity contribution in [3.63, 3.8) is 0 Å². The maximum Gasteiger partial charge on any atom is 0.276 e. The van der Waals surface area contributed by atoms with Crippen LogP contribution in [-0.4, -0.2) is 26.7 Å². The fourth-order valence-corrected chi connectivity index (χ4v) is 2.53. The van der Waals surface area contributed by atoms with Crippen molar-refractivity contribution in [2.45, 2.75) is 4.90 Å². The van der Waals surface area contributed by atoms with Crippen LogP contribution in [0.25, 0.3) is 0 Å². The van der Waals surface area contributed by atoms with Crippen molar-refractivity contribution < 1.29 is 18.1 Å². The molecule has 0 aliphatic rings. The van der Waals surface area contributed by atoms with E-state index in [1.165, 1.54) is 13.3 Å². The highest BCUT2D eigenvalue weighted by Gasteiger charge is 2.14. The lowest BCUT2D eigenvalue weighted by Gasteiger charge is -2.04. The van der Waals surface area contributed by atoms with Crippen molar-refractivity contribution in [1.29, 1.82) is 0 Å². The minimum atomic E-state index is -3.90. The summed E-state index contributed by atoms with van der Waals surface area (Å²) in [7, 11) is -2.41. The van der Waals surface area contributed by atoms with Crippen LogP contribution in [0, 0.1) is 10.1 Å². The van der Waals surface area contributed by atoms with Crippen LogP contribution in [0.1, 0.15) is 5.56 Å². The van der Waals surface area contributed by atoms with E-state index in [4.69, 9.17) is 4.74 Å². The summed E-state index contributed by atoms with van der Waals surface area (Å²) in [6.45, 7) is 0. The van der Waals surface area contributed by atoms with Gasteiger partial charge in [-0.05, 0) is 24.3 Å². The van der Waals surface area contributed by atoms with E-state index in [0.29, 0.717) is 11.3 Å². The Labute approximate surface area is 132 Å². The number of sulfonamides is 1. The van der Waals surface area contributed by atoms with E-state index >= 15 is 0 Å². The SMILES string of the molecule is COc1ccccc1/C=N/NS(=O)(=O)c1ccc([N+](=O)[O-])cc1. The molecule has 0 fully saturated rings. The number of ether oxygens (including phenoxy) is 1. The molecule has 0 radical (unpaired) electrons. The number of hydrazone groups is 1. The molecule has 0 saturated heterocycles. The summed E-state index contributed by atoms with van der Waals surface area (Å²) in [5.41, 5.74) is 0.405. The number of nitro benzene ring substituents is 1. The Balaban J connectivity index is 2.15. The first-order valence-electron chi connectivity index (χ1n) is 6.36. The third-order valence-electron chi connectivity index (χ3n) is 2.87. The van der Waals surface area contributed by atoms with Gasteiger partial charge in [0.05, 0.1) is 23.1 Å². The van der Waals surface area contributed by atoms with Gasteiger partial charge < -0.3 is 4.74 Å². The molecule has 23 heavy (non-hydrogen) atoms. The molecular weight excluding hydrogens is 322 g/mol. The molecule has 0 aliphatic heterocycles. The largest absolute Gasteiger partial charge is 0.496 e. The molecule has 0 aliphatic carbocycles. The second-order valence-electron chi connectivity index (χ2n) is 4.35. The highest BCUT2D eigenvalue weighted by Crippen LogP contribution is 2.16. The van der Waals surface area contributed by atoms with Crippen molar-refractivity contribution in [3.8, 4) is 5.75 Å². The molecule has 0 bridgehead atoms. The monoisotopic (exact) mass is 335 g/mol. The lowest BCUT2D eigenvalue weighted by atomic mass is 10.2. The first-order valence-corrected chi connectivity index (χ1v) is 7.85. The number of para-hydroxylation sites is 1. The van der Waals surface area contributed by atoms with Gasteiger partial charge in [0.2, 0.25) is 0 Å². The summed E-state index contributed by atoms with van der Waals surface area (Å²) in [5, 5.41) is 14.2. The number of benzene rings is 2. The zero-order valence-electron chi connectivity index (χ0n) is 12.0. The number of non-ortho nitro benzene ring substituents is 1. The Morgan fingerprint density at radius 3 is 2.43 bits per heavy atom. The Hall–Kier alpha value is -2.94. The molecule has 8 nitrogen and oxygen atoms in total. The molecule has 9 heteroatoms. The highest BCUT2D eigenvalue weighted by molar-refractivity contribution is 7.89. The first-order chi connectivity index (χ1) is 10.9. The fraction of sp³-hybridized carbons (Fsp3) is 0.0714. The van der Waals surface area contributed by atoms with Gasteiger partial charge in [-0.3, -0.25) is 10.1 Å². The standard InChI is InChI=1S/C14H13N3O5S/c1-22-14-5-3-2-4-11(14)10-15-16-23(20,21)13-8-6-12(7-9-13)17(18)19/h2-10,16H,1H3/b15-10+. The maximum atomic E-state index is 12.0. The van der Waals surface area contributed by atoms with Crippen LogP contribution >= 0.6 is 0 Å². The van der Waals surface area contributed by atoms with Gasteiger partial charge in [0, 0.05) is 17.7 Å². The number of nitrogens with one attached hydrogen (secondary N) is 1. The lowest BCUT2D eigenvalue weighted by Crippen LogP contribution is -2.18. The maximum absolute atomic E-state index is 12.0. The average molecular weight is 335 g/mol. The highest BCUT2D eigenvalue weighted by atomic mass is 32.2. The van der Waals surface area contributed by atoms with Crippen molar-refractivity contribution in [2.24, 2.45) is 5.10 Å². The van der Waals surface area contributed by atoms with Crippen LogP contribution in [-0.2, 0) is 10.0 Å². The zero-order valence-corrected chi connectivity index (χ0v) is 12.9. The summed E-state index contributed by atoms with van der Waals surface area (Å²) in [5.74, 6) is 0.547. The topological polar surface area (TPSA) is 111 Å². The van der Waals surface area contributed by atoms with Gasteiger partial charge in [0.1, 0.15) is 5.75 Å². The molecule has 0 atom stereocenters. The average Bonchev–Trinajstić information content (AvgIpc) is 2.55. The molecule has 2 rings (SSSR count). The van der Waals surface area contributed by atoms with Gasteiger partial charge in [0.15, 0.2) is 0 Å². The molecule has 120 valence electrons. The molecule has 2 aromatic carbocycles. The predicted molar refractivity (Wildman–Crippen MR) is 84.0 cm³/mol. The minimum absolute atomic E-state index is 0.125. The summed E-state index contributed by atoms with van der Waals surface area (Å²) < 4.78 is 29.2. The Kier molecular flexibility index (Phi) is 4.91. The molecule has 1 N–H and O–H groups in total. The van der Waals surface area contributed by atoms with Crippen LogP contribution in [0.3, 0.4) is 0 Å².